The molecule has 0 saturated carbocycles. The van der Waals surface area contributed by atoms with Gasteiger partial charge in [-0.25, -0.2) is 4.98 Å². The summed E-state index contributed by atoms with van der Waals surface area (Å²) >= 11 is 3.63. The average molecular weight is 452 g/mol. The number of hydrogen-bond donors (Lipinski definition) is 2. The Kier molecular flexibility index (Phi) is 5.88. The van der Waals surface area contributed by atoms with E-state index in [0.29, 0.717) is 6.61 Å². The Morgan fingerprint density at radius 1 is 1.07 bits per heavy atom. The summed E-state index contributed by atoms with van der Waals surface area (Å²) in [4.78, 5) is 8.46. The first-order chi connectivity index (χ1) is 14.1. The maximum atomic E-state index is 5.86. The largest absolute Gasteiger partial charge is 0.492 e. The van der Waals surface area contributed by atoms with Crippen LogP contribution in [-0.2, 0) is 6.42 Å². The van der Waals surface area contributed by atoms with Crippen LogP contribution in [0.1, 0.15) is 31.0 Å². The van der Waals surface area contributed by atoms with Gasteiger partial charge >= 0.3 is 0 Å². The molecule has 4 aromatic rings. The maximum Gasteiger partial charge on any atom is 0.145 e. The smallest absolute Gasteiger partial charge is 0.145 e. The number of unbranched alkanes of at least 4 members (excludes halogenated alkanes) is 1. The Labute approximate surface area is 179 Å². The number of pyridine rings is 1. The third kappa shape index (κ3) is 3.89. The van der Waals surface area contributed by atoms with E-state index in [2.05, 4.69) is 57.3 Å². The van der Waals surface area contributed by atoms with Crippen LogP contribution in [0.4, 0.5) is 0 Å². The normalized spacial score (nSPS) is 11.4. The molecule has 0 aliphatic rings. The summed E-state index contributed by atoms with van der Waals surface area (Å²) in [5, 5.41) is 2.36. The van der Waals surface area contributed by atoms with E-state index in [9.17, 15) is 0 Å². The summed E-state index contributed by atoms with van der Waals surface area (Å²) in [6.45, 7) is 5.35. The second kappa shape index (κ2) is 8.56. The van der Waals surface area contributed by atoms with Gasteiger partial charge in [0.25, 0.3) is 0 Å². The summed E-state index contributed by atoms with van der Waals surface area (Å²) in [6.07, 6.45) is 3.07. The number of aromatic amines is 1. The molecule has 4 rings (SSSR count). The van der Waals surface area contributed by atoms with Crippen molar-refractivity contribution in [2.45, 2.75) is 33.1 Å². The number of aryl methyl sites for hydroxylation is 2. The number of benzene rings is 2. The molecule has 2 heterocycles. The number of halogens is 1. The lowest BCUT2D eigenvalue weighted by Gasteiger charge is -2.12. The van der Waals surface area contributed by atoms with Gasteiger partial charge in [-0.1, -0.05) is 22.0 Å². The van der Waals surface area contributed by atoms with E-state index in [0.717, 1.165) is 69.4 Å². The minimum atomic E-state index is 0.620. The second-order valence-electron chi connectivity index (χ2n) is 7.31. The number of hydrogen-bond acceptors (Lipinski definition) is 3. The van der Waals surface area contributed by atoms with Crippen molar-refractivity contribution in [3.05, 3.63) is 58.2 Å². The lowest BCUT2D eigenvalue weighted by atomic mass is 9.97. The van der Waals surface area contributed by atoms with Gasteiger partial charge in [-0.15, -0.1) is 0 Å². The molecule has 0 fully saturated rings. The van der Waals surface area contributed by atoms with Gasteiger partial charge in [-0.05, 0) is 81.6 Å². The van der Waals surface area contributed by atoms with Crippen LogP contribution in [0.3, 0.4) is 0 Å². The van der Waals surface area contributed by atoms with E-state index in [-0.39, 0.29) is 0 Å². The van der Waals surface area contributed by atoms with E-state index >= 15 is 0 Å². The molecule has 4 nitrogen and oxygen atoms in total. The van der Waals surface area contributed by atoms with Gasteiger partial charge in [-0.2, -0.15) is 0 Å². The summed E-state index contributed by atoms with van der Waals surface area (Å²) in [5.74, 6) is 0.832. The number of nitrogens with one attached hydrogen (secondary N) is 1. The topological polar surface area (TPSA) is 63.9 Å². The molecule has 3 N–H and O–H groups in total. The van der Waals surface area contributed by atoms with Crippen LogP contribution in [0.25, 0.3) is 33.1 Å². The Morgan fingerprint density at radius 3 is 2.72 bits per heavy atom. The van der Waals surface area contributed by atoms with Gasteiger partial charge in [0.05, 0.1) is 12.3 Å². The Morgan fingerprint density at radius 2 is 1.93 bits per heavy atom. The first-order valence-corrected chi connectivity index (χ1v) is 11.0. The zero-order valence-corrected chi connectivity index (χ0v) is 18.5. The SMILES string of the molecule is CCOc1ccc(-c2[nH]c3ccc(Br)cc3c2CCCCN)c2ccc(C)nc12. The van der Waals surface area contributed by atoms with E-state index in [1.54, 1.807) is 0 Å². The van der Waals surface area contributed by atoms with Crippen LogP contribution >= 0.6 is 15.9 Å². The highest BCUT2D eigenvalue weighted by Gasteiger charge is 2.17. The molecule has 0 saturated heterocycles. The van der Waals surface area contributed by atoms with Crippen LogP contribution in [0.5, 0.6) is 5.75 Å². The van der Waals surface area contributed by atoms with E-state index in [4.69, 9.17) is 15.5 Å². The van der Waals surface area contributed by atoms with Crippen LogP contribution in [0, 0.1) is 6.92 Å². The number of fused-ring (bicyclic) bond motifs is 2. The summed E-state index contributed by atoms with van der Waals surface area (Å²) in [6, 6.07) is 14.8. The molecule has 150 valence electrons. The number of rotatable bonds is 7. The molecule has 0 bridgehead atoms. The highest BCUT2D eigenvalue weighted by Crippen LogP contribution is 2.38. The van der Waals surface area contributed by atoms with Crippen LogP contribution in [0.15, 0.2) is 46.9 Å². The van der Waals surface area contributed by atoms with Crippen molar-refractivity contribution < 1.29 is 4.74 Å². The monoisotopic (exact) mass is 451 g/mol. The van der Waals surface area contributed by atoms with Crippen molar-refractivity contribution in [1.82, 2.24) is 9.97 Å². The first kappa shape index (κ1) is 19.9. The average Bonchev–Trinajstić information content (AvgIpc) is 3.06. The minimum Gasteiger partial charge on any atom is -0.492 e. The van der Waals surface area contributed by atoms with Crippen molar-refractivity contribution in [2.24, 2.45) is 5.73 Å². The standard InChI is InChI=1S/C24H26BrN3O/c1-3-29-22-12-10-18(19-9-7-15(2)27-24(19)22)23-17(6-4-5-13-26)20-14-16(25)8-11-21(20)28-23/h7-12,14,28H,3-6,13,26H2,1-2H3. The molecule has 0 radical (unpaired) electrons. The number of nitrogens with zero attached hydrogens (tertiary/aromatic N) is 1. The molecular formula is C24H26BrN3O. The highest BCUT2D eigenvalue weighted by molar-refractivity contribution is 9.10. The molecule has 0 atom stereocenters. The van der Waals surface area contributed by atoms with E-state index < -0.39 is 0 Å². The lowest BCUT2D eigenvalue weighted by molar-refractivity contribution is 0.343. The fraction of sp³-hybridized carbons (Fsp3) is 0.292. The predicted octanol–water partition coefficient (Wildman–Crippen LogP) is 6.13. The molecule has 29 heavy (non-hydrogen) atoms. The quantitative estimate of drug-likeness (QED) is 0.332. The molecular weight excluding hydrogens is 426 g/mol. The van der Waals surface area contributed by atoms with Crippen molar-refractivity contribution in [2.75, 3.05) is 13.2 Å². The van der Waals surface area contributed by atoms with Gasteiger partial charge in [0.2, 0.25) is 0 Å². The molecule has 0 amide bonds. The van der Waals surface area contributed by atoms with Crippen LogP contribution in [0.2, 0.25) is 0 Å². The molecule has 2 aromatic carbocycles. The molecule has 0 spiro atoms. The van der Waals surface area contributed by atoms with Crippen molar-refractivity contribution >= 4 is 37.7 Å². The second-order valence-corrected chi connectivity index (χ2v) is 8.22. The van der Waals surface area contributed by atoms with Crippen molar-refractivity contribution in [3.63, 3.8) is 0 Å². The third-order valence-corrected chi connectivity index (χ3v) is 5.77. The molecule has 0 aliphatic carbocycles. The van der Waals surface area contributed by atoms with Gasteiger partial charge in [0, 0.05) is 32.0 Å². The Hall–Kier alpha value is -2.37. The fourth-order valence-electron chi connectivity index (χ4n) is 3.94. The number of nitrogens with two attached hydrogens (primary N) is 1. The van der Waals surface area contributed by atoms with Crippen LogP contribution < -0.4 is 10.5 Å². The Bertz CT molecular complexity index is 1170. The number of aromatic nitrogens is 2. The van der Waals surface area contributed by atoms with Gasteiger partial charge < -0.3 is 15.5 Å². The fourth-order valence-corrected chi connectivity index (χ4v) is 4.30. The predicted molar refractivity (Wildman–Crippen MR) is 125 cm³/mol. The third-order valence-electron chi connectivity index (χ3n) is 5.28. The van der Waals surface area contributed by atoms with E-state index in [1.165, 1.54) is 10.9 Å². The van der Waals surface area contributed by atoms with Gasteiger partial charge in [0.15, 0.2) is 0 Å². The minimum absolute atomic E-state index is 0.620. The summed E-state index contributed by atoms with van der Waals surface area (Å²) < 4.78 is 6.94. The number of ether oxygens (including phenoxy) is 1. The van der Waals surface area contributed by atoms with Gasteiger partial charge in [-0.3, -0.25) is 0 Å². The highest BCUT2D eigenvalue weighted by atomic mass is 79.9. The molecule has 0 aliphatic heterocycles. The molecule has 0 unspecified atom stereocenters. The van der Waals surface area contributed by atoms with E-state index in [1.807, 2.05) is 19.9 Å². The van der Waals surface area contributed by atoms with Crippen molar-refractivity contribution in [3.8, 4) is 17.0 Å². The van der Waals surface area contributed by atoms with Crippen LogP contribution in [-0.4, -0.2) is 23.1 Å². The Balaban J connectivity index is 1.95. The van der Waals surface area contributed by atoms with Gasteiger partial charge in [0.1, 0.15) is 11.3 Å². The number of H-pyrrole nitrogens is 1. The summed E-state index contributed by atoms with van der Waals surface area (Å²) in [7, 11) is 0. The summed E-state index contributed by atoms with van der Waals surface area (Å²) in [5.41, 5.74) is 12.4. The molecule has 5 heteroatoms. The maximum absolute atomic E-state index is 5.86. The zero-order chi connectivity index (χ0) is 20.4. The lowest BCUT2D eigenvalue weighted by Crippen LogP contribution is -2.00. The first-order valence-electron chi connectivity index (χ1n) is 10.2. The van der Waals surface area contributed by atoms with Crippen molar-refractivity contribution in [1.29, 1.82) is 0 Å². The zero-order valence-electron chi connectivity index (χ0n) is 16.9. The molecule has 2 aromatic heterocycles.